The van der Waals surface area contributed by atoms with E-state index in [0.29, 0.717) is 11.9 Å². The zero-order valence-electron chi connectivity index (χ0n) is 5.54. The Bertz CT molecular complexity index is 262. The number of nitriles is 1. The maximum absolute atomic E-state index is 8.32. The standard InChI is InChI=1S/C8H6BN/c9-8-3-1-2-7(6-8)4-5-10/h1-3,6H,4H2. The fraction of sp³-hybridized carbons (Fsp3) is 0.125. The van der Waals surface area contributed by atoms with Gasteiger partial charge in [0.2, 0.25) is 0 Å². The van der Waals surface area contributed by atoms with Crippen LogP contribution in [0.1, 0.15) is 5.56 Å². The lowest BCUT2D eigenvalue weighted by Gasteiger charge is -1.94. The summed E-state index contributed by atoms with van der Waals surface area (Å²) in [5.74, 6) is 0. The van der Waals surface area contributed by atoms with Gasteiger partial charge in [-0.3, -0.25) is 0 Å². The monoisotopic (exact) mass is 127 g/mol. The van der Waals surface area contributed by atoms with Gasteiger partial charge in [0.15, 0.2) is 0 Å². The molecule has 1 aromatic rings. The van der Waals surface area contributed by atoms with Crippen LogP contribution in [0.3, 0.4) is 0 Å². The van der Waals surface area contributed by atoms with Gasteiger partial charge in [-0.2, -0.15) is 5.26 Å². The first-order valence-corrected chi connectivity index (χ1v) is 3.04. The molecule has 2 radical (unpaired) electrons. The fourth-order valence-electron chi connectivity index (χ4n) is 0.794. The number of nitrogens with zero attached hydrogens (tertiary/aromatic N) is 1. The van der Waals surface area contributed by atoms with Crippen molar-refractivity contribution >= 4 is 13.3 Å². The summed E-state index contributed by atoms with van der Waals surface area (Å²) in [6.45, 7) is 0. The Labute approximate surface area is 61.7 Å². The summed E-state index contributed by atoms with van der Waals surface area (Å²) in [5.41, 5.74) is 1.69. The van der Waals surface area contributed by atoms with E-state index < -0.39 is 0 Å². The summed E-state index contributed by atoms with van der Waals surface area (Å²) in [7, 11) is 5.48. The Morgan fingerprint density at radius 1 is 1.50 bits per heavy atom. The van der Waals surface area contributed by atoms with E-state index in [2.05, 4.69) is 6.07 Å². The van der Waals surface area contributed by atoms with Gasteiger partial charge >= 0.3 is 0 Å². The van der Waals surface area contributed by atoms with Crippen LogP contribution in [0.4, 0.5) is 0 Å². The second-order valence-electron chi connectivity index (χ2n) is 2.08. The first-order valence-electron chi connectivity index (χ1n) is 3.04. The van der Waals surface area contributed by atoms with Gasteiger partial charge in [-0.25, -0.2) is 0 Å². The molecule has 0 fully saturated rings. The van der Waals surface area contributed by atoms with Crippen molar-refractivity contribution in [1.82, 2.24) is 0 Å². The molecule has 0 N–H and O–H groups in total. The maximum atomic E-state index is 8.32. The van der Waals surface area contributed by atoms with Crippen LogP contribution in [0.15, 0.2) is 24.3 Å². The molecule has 0 heterocycles. The molecule has 0 saturated heterocycles. The Balaban J connectivity index is 2.87. The van der Waals surface area contributed by atoms with Gasteiger partial charge in [0.25, 0.3) is 0 Å². The van der Waals surface area contributed by atoms with E-state index in [1.807, 2.05) is 18.2 Å². The third-order valence-electron chi connectivity index (χ3n) is 1.23. The van der Waals surface area contributed by atoms with Gasteiger partial charge in [0.05, 0.1) is 12.5 Å². The Morgan fingerprint density at radius 3 is 2.90 bits per heavy atom. The summed E-state index contributed by atoms with van der Waals surface area (Å²) in [5, 5.41) is 8.32. The first-order chi connectivity index (χ1) is 4.83. The van der Waals surface area contributed by atoms with Crippen LogP contribution in [0.5, 0.6) is 0 Å². The van der Waals surface area contributed by atoms with Crippen LogP contribution in [-0.2, 0) is 6.42 Å². The zero-order valence-corrected chi connectivity index (χ0v) is 5.54. The van der Waals surface area contributed by atoms with Gasteiger partial charge in [-0.1, -0.05) is 29.7 Å². The average molecular weight is 127 g/mol. The van der Waals surface area contributed by atoms with Gasteiger partial charge in [0.1, 0.15) is 7.85 Å². The SMILES string of the molecule is [B]c1cccc(CC#N)c1. The minimum atomic E-state index is 0.436. The van der Waals surface area contributed by atoms with Gasteiger partial charge in [0, 0.05) is 0 Å². The van der Waals surface area contributed by atoms with Crippen LogP contribution in [0, 0.1) is 11.3 Å². The van der Waals surface area contributed by atoms with Crippen molar-refractivity contribution < 1.29 is 0 Å². The van der Waals surface area contributed by atoms with E-state index in [0.717, 1.165) is 5.56 Å². The number of hydrogen-bond acceptors (Lipinski definition) is 1. The molecule has 0 saturated carbocycles. The van der Waals surface area contributed by atoms with Crippen molar-refractivity contribution in [2.45, 2.75) is 6.42 Å². The minimum Gasteiger partial charge on any atom is -0.198 e. The predicted octanol–water partition coefficient (Wildman–Crippen LogP) is 0.546. The normalized spacial score (nSPS) is 8.70. The molecule has 0 aliphatic carbocycles. The molecular formula is C8H6BN. The third-order valence-corrected chi connectivity index (χ3v) is 1.23. The van der Waals surface area contributed by atoms with E-state index in [1.54, 1.807) is 6.07 Å². The quantitative estimate of drug-likeness (QED) is 0.505. The minimum absolute atomic E-state index is 0.436. The first kappa shape index (κ1) is 6.89. The van der Waals surface area contributed by atoms with Gasteiger partial charge < -0.3 is 0 Å². The summed E-state index contributed by atoms with van der Waals surface area (Å²) in [6, 6.07) is 9.41. The van der Waals surface area contributed by atoms with Crippen LogP contribution in [0.25, 0.3) is 0 Å². The number of rotatable bonds is 1. The Morgan fingerprint density at radius 2 is 2.30 bits per heavy atom. The highest BCUT2D eigenvalue weighted by Crippen LogP contribution is 1.95. The zero-order chi connectivity index (χ0) is 7.40. The molecule has 10 heavy (non-hydrogen) atoms. The lowest BCUT2D eigenvalue weighted by molar-refractivity contribution is 1.27. The highest BCUT2D eigenvalue weighted by atomic mass is 14.2. The molecule has 0 aliphatic heterocycles. The van der Waals surface area contributed by atoms with E-state index in [9.17, 15) is 0 Å². The molecule has 0 aliphatic rings. The molecule has 0 bridgehead atoms. The fourth-order valence-corrected chi connectivity index (χ4v) is 0.794. The van der Waals surface area contributed by atoms with Gasteiger partial charge in [-0.05, 0) is 5.56 Å². The average Bonchev–Trinajstić information content (AvgIpc) is 1.88. The smallest absolute Gasteiger partial charge is 0.113 e. The molecular weight excluding hydrogens is 121 g/mol. The molecule has 0 unspecified atom stereocenters. The lowest BCUT2D eigenvalue weighted by atomic mass is 9.94. The second-order valence-corrected chi connectivity index (χ2v) is 2.08. The largest absolute Gasteiger partial charge is 0.198 e. The van der Waals surface area contributed by atoms with Crippen LogP contribution in [0.2, 0.25) is 0 Å². The van der Waals surface area contributed by atoms with Crippen molar-refractivity contribution in [3.05, 3.63) is 29.8 Å². The van der Waals surface area contributed by atoms with Crippen LogP contribution < -0.4 is 5.46 Å². The highest BCUT2D eigenvalue weighted by Gasteiger charge is 1.88. The van der Waals surface area contributed by atoms with Crippen molar-refractivity contribution in [2.75, 3.05) is 0 Å². The molecule has 1 nitrogen and oxygen atoms in total. The summed E-state index contributed by atoms with van der Waals surface area (Å²) in [6.07, 6.45) is 0.436. The maximum Gasteiger partial charge on any atom is 0.113 e. The Kier molecular flexibility index (Phi) is 2.12. The predicted molar refractivity (Wildman–Crippen MR) is 41.1 cm³/mol. The Hall–Kier alpha value is -1.23. The van der Waals surface area contributed by atoms with E-state index in [1.165, 1.54) is 0 Å². The molecule has 0 amide bonds. The van der Waals surface area contributed by atoms with Crippen LogP contribution in [-0.4, -0.2) is 7.85 Å². The lowest BCUT2D eigenvalue weighted by Crippen LogP contribution is -2.01. The van der Waals surface area contributed by atoms with E-state index in [-0.39, 0.29) is 0 Å². The molecule has 0 aromatic heterocycles. The highest BCUT2D eigenvalue weighted by molar-refractivity contribution is 6.32. The second kappa shape index (κ2) is 3.07. The summed E-state index contributed by atoms with van der Waals surface area (Å²) >= 11 is 0. The number of benzene rings is 1. The molecule has 0 atom stereocenters. The molecule has 1 rings (SSSR count). The van der Waals surface area contributed by atoms with Crippen molar-refractivity contribution in [3.8, 4) is 6.07 Å². The summed E-state index contributed by atoms with van der Waals surface area (Å²) < 4.78 is 0. The topological polar surface area (TPSA) is 23.8 Å². The summed E-state index contributed by atoms with van der Waals surface area (Å²) in [4.78, 5) is 0. The van der Waals surface area contributed by atoms with Crippen molar-refractivity contribution in [2.24, 2.45) is 0 Å². The van der Waals surface area contributed by atoms with Gasteiger partial charge in [-0.15, -0.1) is 0 Å². The molecule has 0 spiro atoms. The van der Waals surface area contributed by atoms with E-state index >= 15 is 0 Å². The molecule has 46 valence electrons. The van der Waals surface area contributed by atoms with Crippen molar-refractivity contribution in [3.63, 3.8) is 0 Å². The number of hydrogen-bond donors (Lipinski definition) is 0. The van der Waals surface area contributed by atoms with Crippen LogP contribution >= 0.6 is 0 Å². The van der Waals surface area contributed by atoms with E-state index in [4.69, 9.17) is 13.1 Å². The van der Waals surface area contributed by atoms with Crippen molar-refractivity contribution in [1.29, 1.82) is 5.26 Å². The third kappa shape index (κ3) is 1.63. The molecule has 2 heteroatoms. The molecule has 1 aromatic carbocycles.